The van der Waals surface area contributed by atoms with Gasteiger partial charge in [0.25, 0.3) is 0 Å². The fourth-order valence-corrected chi connectivity index (χ4v) is 0.405. The van der Waals surface area contributed by atoms with Crippen molar-refractivity contribution in [2.24, 2.45) is 0 Å². The molecule has 0 bridgehead atoms. The molecule has 3 nitrogen and oxygen atoms in total. The molecule has 0 spiro atoms. The zero-order chi connectivity index (χ0) is 7.40. The normalized spacial score (nSPS) is 9.90. The summed E-state index contributed by atoms with van der Waals surface area (Å²) in [6.07, 6.45) is 3.38. The van der Waals surface area contributed by atoms with Crippen LogP contribution in [0.3, 0.4) is 0 Å². The molecule has 1 aromatic heterocycles. The minimum Gasteiger partial charge on any atom is -0.417 e. The number of rotatable bonds is 2. The van der Waals surface area contributed by atoms with Crippen LogP contribution < -0.4 is 4.74 Å². The molecule has 0 atom stereocenters. The predicted molar refractivity (Wildman–Crippen MR) is 27.5 cm³/mol. The van der Waals surface area contributed by atoms with Gasteiger partial charge in [-0.15, -0.1) is 0 Å². The van der Waals surface area contributed by atoms with Gasteiger partial charge in [0.05, 0.1) is 6.20 Å². The largest absolute Gasteiger partial charge is 0.417 e. The Labute approximate surface area is 55.7 Å². The molecule has 0 unspecified atom stereocenters. The lowest BCUT2D eigenvalue weighted by Gasteiger charge is -1.99. The smallest absolute Gasteiger partial charge is 0.388 e. The molecule has 53 valence electrons. The highest BCUT2D eigenvalue weighted by molar-refractivity contribution is 5.02. The van der Waals surface area contributed by atoms with Crippen LogP contribution in [0.2, 0.25) is 0 Å². The van der Waals surface area contributed by atoms with Gasteiger partial charge in [0.15, 0.2) is 0 Å². The third kappa shape index (κ3) is 1.93. The maximum Gasteiger partial charge on any atom is 0.388 e. The second-order valence-electron chi connectivity index (χ2n) is 1.36. The molecule has 0 aliphatic heterocycles. The molecular formula is C5H3F2N2O. The summed E-state index contributed by atoms with van der Waals surface area (Å²) in [4.78, 5) is 6.77. The highest BCUT2D eigenvalue weighted by Gasteiger charge is 2.02. The van der Waals surface area contributed by atoms with Crippen LogP contribution in [-0.4, -0.2) is 16.6 Å². The molecule has 0 aromatic carbocycles. The van der Waals surface area contributed by atoms with E-state index in [0.717, 1.165) is 12.4 Å². The van der Waals surface area contributed by atoms with Crippen LogP contribution in [0.15, 0.2) is 12.4 Å². The molecule has 0 aliphatic rings. The molecule has 1 rings (SSSR count). The molecule has 5 heteroatoms. The lowest BCUT2D eigenvalue weighted by atomic mass is 10.6. The van der Waals surface area contributed by atoms with Gasteiger partial charge < -0.3 is 4.74 Å². The zero-order valence-corrected chi connectivity index (χ0v) is 4.79. The third-order valence-electron chi connectivity index (χ3n) is 0.715. The maximum atomic E-state index is 11.4. The van der Waals surface area contributed by atoms with E-state index in [9.17, 15) is 8.78 Å². The zero-order valence-electron chi connectivity index (χ0n) is 4.79. The van der Waals surface area contributed by atoms with E-state index in [-0.39, 0.29) is 5.88 Å². The number of hydrogen-bond acceptors (Lipinski definition) is 3. The number of ether oxygens (including phenoxy) is 1. The molecule has 0 aliphatic carbocycles. The summed E-state index contributed by atoms with van der Waals surface area (Å²) in [5.41, 5.74) is 0. The second-order valence-corrected chi connectivity index (χ2v) is 1.36. The molecule has 1 radical (unpaired) electrons. The molecule has 0 saturated carbocycles. The van der Waals surface area contributed by atoms with Gasteiger partial charge in [0.2, 0.25) is 5.88 Å². The van der Waals surface area contributed by atoms with E-state index in [4.69, 9.17) is 0 Å². The van der Waals surface area contributed by atoms with E-state index in [0.29, 0.717) is 0 Å². The van der Waals surface area contributed by atoms with Gasteiger partial charge in [0.1, 0.15) is 6.33 Å². The van der Waals surface area contributed by atoms with Gasteiger partial charge in [0, 0.05) is 6.07 Å². The van der Waals surface area contributed by atoms with Gasteiger partial charge in [-0.25, -0.2) is 9.97 Å². The number of hydrogen-bond donors (Lipinski definition) is 0. The fraction of sp³-hybridized carbons (Fsp3) is 0.200. The Morgan fingerprint density at radius 2 is 2.40 bits per heavy atom. The van der Waals surface area contributed by atoms with Crippen LogP contribution in [0.5, 0.6) is 5.88 Å². The standard InChI is InChI=1S/C5H3F2N2O/c6-5(7)10-4-1-2-8-3-9-4/h1,3,5H. The summed E-state index contributed by atoms with van der Waals surface area (Å²) in [5.74, 6) is -0.176. The monoisotopic (exact) mass is 145 g/mol. The molecule has 1 aromatic rings. The van der Waals surface area contributed by atoms with Gasteiger partial charge in [-0.1, -0.05) is 0 Å². The van der Waals surface area contributed by atoms with Crippen molar-refractivity contribution in [3.8, 4) is 5.88 Å². The average Bonchev–Trinajstić information content (AvgIpc) is 1.88. The molecule has 1 heterocycles. The van der Waals surface area contributed by atoms with E-state index in [1.54, 1.807) is 0 Å². The lowest BCUT2D eigenvalue weighted by Crippen LogP contribution is -2.03. The summed E-state index contributed by atoms with van der Waals surface area (Å²) < 4.78 is 26.7. The van der Waals surface area contributed by atoms with Gasteiger partial charge in [-0.2, -0.15) is 8.78 Å². The first-order valence-electron chi connectivity index (χ1n) is 2.42. The SMILES string of the molecule is FC(F)Oc1c[c]ncn1. The molecular weight excluding hydrogens is 142 g/mol. The van der Waals surface area contributed by atoms with E-state index in [2.05, 4.69) is 20.9 Å². The Kier molecular flexibility index (Phi) is 2.09. The Morgan fingerprint density at radius 1 is 1.60 bits per heavy atom. The van der Waals surface area contributed by atoms with Crippen LogP contribution in [0.1, 0.15) is 0 Å². The number of alkyl halides is 2. The molecule has 10 heavy (non-hydrogen) atoms. The first-order valence-corrected chi connectivity index (χ1v) is 2.42. The van der Waals surface area contributed by atoms with Crippen molar-refractivity contribution in [1.82, 2.24) is 9.97 Å². The number of halogens is 2. The van der Waals surface area contributed by atoms with Crippen molar-refractivity contribution in [2.45, 2.75) is 6.61 Å². The van der Waals surface area contributed by atoms with Crippen LogP contribution in [0.25, 0.3) is 0 Å². The molecule has 0 fully saturated rings. The summed E-state index contributed by atoms with van der Waals surface area (Å²) in [5, 5.41) is 0. The van der Waals surface area contributed by atoms with Crippen molar-refractivity contribution in [3.63, 3.8) is 0 Å². The topological polar surface area (TPSA) is 35.0 Å². The van der Waals surface area contributed by atoms with Crippen molar-refractivity contribution in [3.05, 3.63) is 18.6 Å². The van der Waals surface area contributed by atoms with Crippen LogP contribution in [0.4, 0.5) is 8.78 Å². The first kappa shape index (κ1) is 6.85. The van der Waals surface area contributed by atoms with Gasteiger partial charge in [-0.05, 0) is 0 Å². The Bertz CT molecular complexity index is 192. The van der Waals surface area contributed by atoms with Crippen molar-refractivity contribution in [2.75, 3.05) is 0 Å². The van der Waals surface area contributed by atoms with Gasteiger partial charge in [-0.3, -0.25) is 0 Å². The van der Waals surface area contributed by atoms with Crippen LogP contribution in [0, 0.1) is 6.20 Å². The van der Waals surface area contributed by atoms with E-state index >= 15 is 0 Å². The van der Waals surface area contributed by atoms with Crippen molar-refractivity contribution >= 4 is 0 Å². The average molecular weight is 145 g/mol. The molecule has 0 saturated heterocycles. The quantitative estimate of drug-likeness (QED) is 0.619. The third-order valence-corrected chi connectivity index (χ3v) is 0.715. The number of aromatic nitrogens is 2. The van der Waals surface area contributed by atoms with Gasteiger partial charge >= 0.3 is 6.61 Å². The minimum atomic E-state index is -2.84. The number of nitrogens with zero attached hydrogens (tertiary/aromatic N) is 2. The summed E-state index contributed by atoms with van der Waals surface area (Å²) in [6.45, 7) is -2.84. The highest BCUT2D eigenvalue weighted by atomic mass is 19.3. The highest BCUT2D eigenvalue weighted by Crippen LogP contribution is 2.05. The summed E-state index contributed by atoms with van der Waals surface area (Å²) in [6, 6.07) is 1.13. The van der Waals surface area contributed by atoms with E-state index in [1.165, 1.54) is 0 Å². The van der Waals surface area contributed by atoms with E-state index in [1.807, 2.05) is 0 Å². The van der Waals surface area contributed by atoms with Crippen LogP contribution >= 0.6 is 0 Å². The van der Waals surface area contributed by atoms with Crippen molar-refractivity contribution in [1.29, 1.82) is 0 Å². The summed E-state index contributed by atoms with van der Waals surface area (Å²) in [7, 11) is 0. The molecule has 0 N–H and O–H groups in total. The maximum absolute atomic E-state index is 11.4. The van der Waals surface area contributed by atoms with Crippen molar-refractivity contribution < 1.29 is 13.5 Å². The molecule has 0 amide bonds. The van der Waals surface area contributed by atoms with E-state index < -0.39 is 6.61 Å². The fourth-order valence-electron chi connectivity index (χ4n) is 0.405. The van der Waals surface area contributed by atoms with Crippen LogP contribution in [-0.2, 0) is 0 Å². The minimum absolute atomic E-state index is 0.176. The Hall–Kier alpha value is -1.26. The lowest BCUT2D eigenvalue weighted by molar-refractivity contribution is -0.0529. The first-order chi connectivity index (χ1) is 4.79. The predicted octanol–water partition coefficient (Wildman–Crippen LogP) is 0.878. The second kappa shape index (κ2) is 3.05. The summed E-state index contributed by atoms with van der Waals surface area (Å²) >= 11 is 0. The Balaban J connectivity index is 2.59. The Morgan fingerprint density at radius 3 is 2.90 bits per heavy atom.